The number of hydrogen-bond donors (Lipinski definition) is 2. The molecule has 22 heavy (non-hydrogen) atoms. The van der Waals surface area contributed by atoms with E-state index in [1.807, 2.05) is 0 Å². The van der Waals surface area contributed by atoms with Crippen molar-refractivity contribution in [2.24, 2.45) is 0 Å². The van der Waals surface area contributed by atoms with Gasteiger partial charge in [-0.3, -0.25) is 14.9 Å². The number of aromatic nitrogens is 2. The predicted octanol–water partition coefficient (Wildman–Crippen LogP) is 1.00. The molecule has 0 aliphatic carbocycles. The number of nitro benzene ring substituents is 1. The van der Waals surface area contributed by atoms with Crippen LogP contribution in [0.3, 0.4) is 0 Å². The number of nitrogens with zero attached hydrogens (tertiary/aromatic N) is 3. The van der Waals surface area contributed by atoms with Gasteiger partial charge in [0.2, 0.25) is 0 Å². The Labute approximate surface area is 125 Å². The molecule has 114 valence electrons. The van der Waals surface area contributed by atoms with Crippen molar-refractivity contribution < 1.29 is 14.5 Å². The molecule has 2 rings (SSSR count). The van der Waals surface area contributed by atoms with Crippen LogP contribution in [-0.4, -0.2) is 35.0 Å². The summed E-state index contributed by atoms with van der Waals surface area (Å²) in [6.45, 7) is 0. The number of nitrogens with one attached hydrogen (secondary N) is 1. The Morgan fingerprint density at radius 3 is 2.73 bits per heavy atom. The van der Waals surface area contributed by atoms with Gasteiger partial charge in [-0.2, -0.15) is 0 Å². The van der Waals surface area contributed by atoms with E-state index in [1.54, 1.807) is 6.07 Å². The maximum absolute atomic E-state index is 11.5. The van der Waals surface area contributed by atoms with E-state index in [0.29, 0.717) is 5.56 Å². The number of ether oxygens (including phenoxy) is 1. The molecule has 0 radical (unpaired) electrons. The Hall–Kier alpha value is -3.23. The molecular formula is C13H13N5O4. The van der Waals surface area contributed by atoms with Gasteiger partial charge < -0.3 is 15.8 Å². The van der Waals surface area contributed by atoms with Crippen LogP contribution in [0.2, 0.25) is 0 Å². The van der Waals surface area contributed by atoms with E-state index in [9.17, 15) is 14.9 Å². The molecule has 1 heterocycles. The minimum absolute atomic E-state index is 0.0113. The highest BCUT2D eigenvalue weighted by atomic mass is 16.6. The average Bonchev–Trinajstić information content (AvgIpc) is 2.53. The summed E-state index contributed by atoms with van der Waals surface area (Å²) < 4.78 is 4.93. The first-order valence-corrected chi connectivity index (χ1v) is 6.15. The summed E-state index contributed by atoms with van der Waals surface area (Å²) in [4.78, 5) is 30.0. The summed E-state index contributed by atoms with van der Waals surface area (Å²) in [5, 5.41) is 13.4. The lowest BCUT2D eigenvalue weighted by molar-refractivity contribution is -0.385. The standard InChI is InChI=1S/C13H13N5O4/c1-15-13(19)8-6-16-12(17-11(8)14)7-3-4-10(22-2)9(5-7)18(20)21/h3-6H,1-2H3,(H,15,19)(H2,14,16,17). The maximum atomic E-state index is 11.5. The molecule has 9 heteroatoms. The number of nitrogens with two attached hydrogens (primary N) is 1. The van der Waals surface area contributed by atoms with E-state index in [4.69, 9.17) is 10.5 Å². The number of benzene rings is 1. The zero-order valence-corrected chi connectivity index (χ0v) is 11.9. The molecule has 0 aliphatic rings. The molecule has 0 spiro atoms. The summed E-state index contributed by atoms with van der Waals surface area (Å²) >= 11 is 0. The molecule has 1 aromatic heterocycles. The van der Waals surface area contributed by atoms with Crippen LogP contribution in [-0.2, 0) is 0 Å². The monoisotopic (exact) mass is 303 g/mol. The molecule has 0 atom stereocenters. The number of nitro groups is 1. The fourth-order valence-corrected chi connectivity index (χ4v) is 1.82. The van der Waals surface area contributed by atoms with Crippen LogP contribution in [0, 0.1) is 10.1 Å². The number of rotatable bonds is 4. The molecule has 0 saturated heterocycles. The van der Waals surface area contributed by atoms with E-state index < -0.39 is 10.8 Å². The number of nitrogen functional groups attached to an aromatic ring is 1. The van der Waals surface area contributed by atoms with E-state index in [-0.39, 0.29) is 28.6 Å². The van der Waals surface area contributed by atoms with Crippen molar-refractivity contribution >= 4 is 17.4 Å². The highest BCUT2D eigenvalue weighted by molar-refractivity contribution is 5.98. The molecule has 0 bridgehead atoms. The fraction of sp³-hybridized carbons (Fsp3) is 0.154. The van der Waals surface area contributed by atoms with Gasteiger partial charge in [0.25, 0.3) is 5.91 Å². The lowest BCUT2D eigenvalue weighted by Crippen LogP contribution is -2.20. The minimum atomic E-state index is -0.565. The Balaban J connectivity index is 2.48. The van der Waals surface area contributed by atoms with Gasteiger partial charge in [-0.1, -0.05) is 0 Å². The van der Waals surface area contributed by atoms with Crippen LogP contribution in [0.1, 0.15) is 10.4 Å². The van der Waals surface area contributed by atoms with Gasteiger partial charge in [-0.25, -0.2) is 9.97 Å². The van der Waals surface area contributed by atoms with Crippen molar-refractivity contribution in [3.05, 3.63) is 40.1 Å². The third kappa shape index (κ3) is 2.77. The highest BCUT2D eigenvalue weighted by Gasteiger charge is 2.18. The fourth-order valence-electron chi connectivity index (χ4n) is 1.82. The normalized spacial score (nSPS) is 10.1. The van der Waals surface area contributed by atoms with Crippen LogP contribution < -0.4 is 15.8 Å². The number of amides is 1. The van der Waals surface area contributed by atoms with Crippen molar-refractivity contribution in [3.8, 4) is 17.1 Å². The largest absolute Gasteiger partial charge is 0.490 e. The van der Waals surface area contributed by atoms with Gasteiger partial charge in [0.1, 0.15) is 5.82 Å². The quantitative estimate of drug-likeness (QED) is 0.635. The summed E-state index contributed by atoms with van der Waals surface area (Å²) in [5.74, 6) is -0.118. The van der Waals surface area contributed by atoms with Gasteiger partial charge >= 0.3 is 5.69 Å². The average molecular weight is 303 g/mol. The lowest BCUT2D eigenvalue weighted by Gasteiger charge is -2.07. The summed E-state index contributed by atoms with van der Waals surface area (Å²) in [6.07, 6.45) is 1.27. The second-order valence-electron chi connectivity index (χ2n) is 4.22. The summed E-state index contributed by atoms with van der Waals surface area (Å²) in [6, 6.07) is 4.30. The third-order valence-corrected chi connectivity index (χ3v) is 2.92. The molecule has 0 fully saturated rings. The molecular weight excluding hydrogens is 290 g/mol. The highest BCUT2D eigenvalue weighted by Crippen LogP contribution is 2.31. The number of carbonyl (C=O) groups excluding carboxylic acids is 1. The molecule has 9 nitrogen and oxygen atoms in total. The predicted molar refractivity (Wildman–Crippen MR) is 78.5 cm³/mol. The van der Waals surface area contributed by atoms with Gasteiger partial charge in [0.05, 0.1) is 17.6 Å². The maximum Gasteiger partial charge on any atom is 0.311 e. The first-order valence-electron chi connectivity index (χ1n) is 6.15. The van der Waals surface area contributed by atoms with Crippen LogP contribution >= 0.6 is 0 Å². The van der Waals surface area contributed by atoms with E-state index in [0.717, 1.165) is 0 Å². The van der Waals surface area contributed by atoms with Crippen LogP contribution in [0.25, 0.3) is 11.4 Å². The second kappa shape index (κ2) is 6.04. The number of carbonyl (C=O) groups is 1. The smallest absolute Gasteiger partial charge is 0.311 e. The van der Waals surface area contributed by atoms with Crippen LogP contribution in [0.5, 0.6) is 5.75 Å². The zero-order valence-electron chi connectivity index (χ0n) is 11.9. The molecule has 2 aromatic rings. The van der Waals surface area contributed by atoms with Gasteiger partial charge in [0, 0.05) is 24.9 Å². The third-order valence-electron chi connectivity index (χ3n) is 2.92. The first kappa shape index (κ1) is 15.2. The molecule has 1 aromatic carbocycles. The van der Waals surface area contributed by atoms with Gasteiger partial charge in [0.15, 0.2) is 11.6 Å². The topological polar surface area (TPSA) is 133 Å². The van der Waals surface area contributed by atoms with Crippen molar-refractivity contribution in [1.29, 1.82) is 0 Å². The van der Waals surface area contributed by atoms with Crippen molar-refractivity contribution in [2.75, 3.05) is 19.9 Å². The van der Waals surface area contributed by atoms with Gasteiger partial charge in [-0.15, -0.1) is 0 Å². The van der Waals surface area contributed by atoms with Gasteiger partial charge in [-0.05, 0) is 12.1 Å². The lowest BCUT2D eigenvalue weighted by atomic mass is 10.1. The molecule has 1 amide bonds. The zero-order chi connectivity index (χ0) is 16.3. The number of hydrogen-bond acceptors (Lipinski definition) is 7. The van der Waals surface area contributed by atoms with Crippen molar-refractivity contribution in [2.45, 2.75) is 0 Å². The Morgan fingerprint density at radius 1 is 1.45 bits per heavy atom. The summed E-state index contributed by atoms with van der Waals surface area (Å²) in [5.41, 5.74) is 6.03. The van der Waals surface area contributed by atoms with Crippen molar-refractivity contribution in [3.63, 3.8) is 0 Å². The summed E-state index contributed by atoms with van der Waals surface area (Å²) in [7, 11) is 2.80. The molecule has 0 saturated carbocycles. The molecule has 3 N–H and O–H groups in total. The minimum Gasteiger partial charge on any atom is -0.490 e. The SMILES string of the molecule is CNC(=O)c1cnc(-c2ccc(OC)c([N+](=O)[O-])c2)nc1N. The van der Waals surface area contributed by atoms with Crippen LogP contribution in [0.4, 0.5) is 11.5 Å². The number of methoxy groups -OCH3 is 1. The molecule has 0 unspecified atom stereocenters. The molecule has 0 aliphatic heterocycles. The number of anilines is 1. The van der Waals surface area contributed by atoms with Crippen LogP contribution in [0.15, 0.2) is 24.4 Å². The first-order chi connectivity index (χ1) is 10.5. The van der Waals surface area contributed by atoms with E-state index >= 15 is 0 Å². The van der Waals surface area contributed by atoms with E-state index in [2.05, 4.69) is 15.3 Å². The van der Waals surface area contributed by atoms with Crippen molar-refractivity contribution in [1.82, 2.24) is 15.3 Å². The van der Waals surface area contributed by atoms with E-state index in [1.165, 1.54) is 32.5 Å². The Morgan fingerprint density at radius 2 is 2.18 bits per heavy atom. The second-order valence-corrected chi connectivity index (χ2v) is 4.22. The Kier molecular flexibility index (Phi) is 4.16. The Bertz CT molecular complexity index is 747.